The molecule has 0 aliphatic heterocycles. The molecule has 2 aromatic carbocycles. The second kappa shape index (κ2) is 7.80. The molecule has 2 N–H and O–H groups in total. The summed E-state index contributed by atoms with van der Waals surface area (Å²) >= 11 is 9.56. The van der Waals surface area contributed by atoms with Crippen molar-refractivity contribution in [3.8, 4) is 0 Å². The third-order valence-electron chi connectivity index (χ3n) is 4.47. The van der Waals surface area contributed by atoms with Gasteiger partial charge >= 0.3 is 0 Å². The molecule has 1 aliphatic rings. The van der Waals surface area contributed by atoms with Crippen LogP contribution in [0.5, 0.6) is 0 Å². The summed E-state index contributed by atoms with van der Waals surface area (Å²) in [6.45, 7) is 0.550. The minimum absolute atomic E-state index is 0.402. The molecule has 0 spiro atoms. The number of benzene rings is 2. The Kier molecular flexibility index (Phi) is 5.76. The van der Waals surface area contributed by atoms with Gasteiger partial charge < -0.3 is 10.4 Å². The zero-order valence-corrected chi connectivity index (χ0v) is 15.3. The average Bonchev–Trinajstić information content (AvgIpc) is 2.74. The predicted octanol–water partition coefficient (Wildman–Crippen LogP) is 4.67. The molecule has 0 radical (unpaired) electrons. The highest BCUT2D eigenvalue weighted by molar-refractivity contribution is 9.10. The highest BCUT2D eigenvalue weighted by atomic mass is 79.9. The zero-order chi connectivity index (χ0) is 16.2. The van der Waals surface area contributed by atoms with Gasteiger partial charge in [-0.1, -0.05) is 45.7 Å². The molecule has 1 unspecified atom stereocenters. The summed E-state index contributed by atoms with van der Waals surface area (Å²) in [5.74, 6) is 0. The highest BCUT2D eigenvalue weighted by Crippen LogP contribution is 2.25. The molecule has 3 rings (SSSR count). The Hall–Kier alpha value is -0.870. The van der Waals surface area contributed by atoms with E-state index < -0.39 is 6.10 Å². The normalized spacial score (nSPS) is 19.0. The maximum Gasteiger partial charge on any atom is 0.0914 e. The van der Waals surface area contributed by atoms with Gasteiger partial charge in [-0.3, -0.25) is 0 Å². The molecule has 0 fully saturated rings. The summed E-state index contributed by atoms with van der Waals surface area (Å²) in [5, 5.41) is 14.5. The van der Waals surface area contributed by atoms with E-state index in [1.807, 2.05) is 24.3 Å². The van der Waals surface area contributed by atoms with Crippen molar-refractivity contribution in [2.24, 2.45) is 0 Å². The standard InChI is InChI=1S/C19H21BrClNO/c20-16-8-7-13-3-2-6-18(11-15(13)9-16)22-12-19(23)14-4-1-5-17(21)10-14/h1,4-5,7-10,18-19,22-23H,2-3,6,11-12H2/t18?,19-/m0/s1. The topological polar surface area (TPSA) is 32.3 Å². The van der Waals surface area contributed by atoms with Gasteiger partial charge in [-0.25, -0.2) is 0 Å². The monoisotopic (exact) mass is 393 g/mol. The molecule has 23 heavy (non-hydrogen) atoms. The first-order chi connectivity index (χ1) is 11.1. The number of fused-ring (bicyclic) bond motifs is 1. The zero-order valence-electron chi connectivity index (χ0n) is 12.9. The number of aryl methyl sites for hydroxylation is 1. The van der Waals surface area contributed by atoms with Crippen molar-refractivity contribution in [2.75, 3.05) is 6.54 Å². The highest BCUT2D eigenvalue weighted by Gasteiger charge is 2.18. The van der Waals surface area contributed by atoms with Gasteiger partial charge in [0.15, 0.2) is 0 Å². The fourth-order valence-electron chi connectivity index (χ4n) is 3.22. The van der Waals surface area contributed by atoms with Gasteiger partial charge in [-0.05, 0) is 66.6 Å². The maximum absolute atomic E-state index is 10.4. The van der Waals surface area contributed by atoms with Crippen LogP contribution in [-0.4, -0.2) is 17.7 Å². The summed E-state index contributed by atoms with van der Waals surface area (Å²) in [4.78, 5) is 0. The first kappa shape index (κ1) is 17.0. The number of hydrogen-bond donors (Lipinski definition) is 2. The first-order valence-corrected chi connectivity index (χ1v) is 9.23. The molecule has 2 nitrogen and oxygen atoms in total. The fourth-order valence-corrected chi connectivity index (χ4v) is 3.83. The van der Waals surface area contributed by atoms with E-state index in [-0.39, 0.29) is 0 Å². The number of rotatable bonds is 4. The van der Waals surface area contributed by atoms with Gasteiger partial charge in [0.2, 0.25) is 0 Å². The van der Waals surface area contributed by atoms with E-state index in [2.05, 4.69) is 39.4 Å². The molecule has 2 atom stereocenters. The SMILES string of the molecule is O[C@@H](CNC1CCCc2ccc(Br)cc2C1)c1cccc(Cl)c1. The lowest BCUT2D eigenvalue weighted by Gasteiger charge is -2.20. The van der Waals surface area contributed by atoms with Crippen LogP contribution < -0.4 is 5.32 Å². The van der Waals surface area contributed by atoms with E-state index in [1.165, 1.54) is 17.5 Å². The third kappa shape index (κ3) is 4.57. The minimum Gasteiger partial charge on any atom is -0.387 e. The van der Waals surface area contributed by atoms with Crippen LogP contribution in [-0.2, 0) is 12.8 Å². The number of hydrogen-bond acceptors (Lipinski definition) is 2. The second-order valence-corrected chi connectivity index (χ2v) is 7.54. The summed E-state index contributed by atoms with van der Waals surface area (Å²) < 4.78 is 1.14. The Bertz CT molecular complexity index is 676. The van der Waals surface area contributed by atoms with E-state index in [0.29, 0.717) is 17.6 Å². The van der Waals surface area contributed by atoms with Crippen LogP contribution in [0.25, 0.3) is 0 Å². The lowest BCUT2D eigenvalue weighted by molar-refractivity contribution is 0.169. The lowest BCUT2D eigenvalue weighted by atomic mass is 10.0. The average molecular weight is 395 g/mol. The molecule has 0 heterocycles. The molecule has 1 aliphatic carbocycles. The van der Waals surface area contributed by atoms with Crippen LogP contribution in [0.1, 0.15) is 35.6 Å². The molecule has 2 aromatic rings. The number of aliphatic hydroxyl groups excluding tert-OH is 1. The van der Waals surface area contributed by atoms with Crippen molar-refractivity contribution in [3.63, 3.8) is 0 Å². The van der Waals surface area contributed by atoms with Gasteiger partial charge in [0, 0.05) is 22.1 Å². The Morgan fingerprint density at radius 1 is 1.22 bits per heavy atom. The van der Waals surface area contributed by atoms with Crippen molar-refractivity contribution >= 4 is 27.5 Å². The van der Waals surface area contributed by atoms with Gasteiger partial charge in [0.25, 0.3) is 0 Å². The van der Waals surface area contributed by atoms with Crippen molar-refractivity contribution in [2.45, 2.75) is 37.8 Å². The van der Waals surface area contributed by atoms with E-state index in [0.717, 1.165) is 29.3 Å². The predicted molar refractivity (Wildman–Crippen MR) is 99.0 cm³/mol. The summed E-state index contributed by atoms with van der Waals surface area (Å²) in [6.07, 6.45) is 3.93. The summed E-state index contributed by atoms with van der Waals surface area (Å²) in [7, 11) is 0. The van der Waals surface area contributed by atoms with Crippen molar-refractivity contribution in [1.29, 1.82) is 0 Å². The van der Waals surface area contributed by atoms with Gasteiger partial charge in [0.1, 0.15) is 0 Å². The van der Waals surface area contributed by atoms with Crippen molar-refractivity contribution in [3.05, 3.63) is 68.7 Å². The Morgan fingerprint density at radius 3 is 2.91 bits per heavy atom. The van der Waals surface area contributed by atoms with Crippen molar-refractivity contribution in [1.82, 2.24) is 5.32 Å². The Balaban J connectivity index is 1.62. The minimum atomic E-state index is -0.529. The molecule has 122 valence electrons. The van der Waals surface area contributed by atoms with Gasteiger partial charge in [-0.15, -0.1) is 0 Å². The largest absolute Gasteiger partial charge is 0.387 e. The number of aliphatic hydroxyl groups is 1. The third-order valence-corrected chi connectivity index (χ3v) is 5.19. The molecular weight excluding hydrogens is 374 g/mol. The van der Waals surface area contributed by atoms with Crippen LogP contribution in [0.3, 0.4) is 0 Å². The van der Waals surface area contributed by atoms with Crippen LogP contribution >= 0.6 is 27.5 Å². The summed E-state index contributed by atoms with van der Waals surface area (Å²) in [6, 6.07) is 14.4. The first-order valence-electron chi connectivity index (χ1n) is 8.06. The Morgan fingerprint density at radius 2 is 2.09 bits per heavy atom. The van der Waals surface area contributed by atoms with Gasteiger partial charge in [0.05, 0.1) is 6.10 Å². The molecule has 0 bridgehead atoms. The molecule has 0 saturated carbocycles. The Labute approximate surface area is 151 Å². The molecule has 0 aromatic heterocycles. The van der Waals surface area contributed by atoms with E-state index in [4.69, 9.17) is 11.6 Å². The number of nitrogens with one attached hydrogen (secondary N) is 1. The van der Waals surface area contributed by atoms with Crippen LogP contribution in [0.4, 0.5) is 0 Å². The van der Waals surface area contributed by atoms with Crippen molar-refractivity contribution < 1.29 is 5.11 Å². The number of halogens is 2. The summed E-state index contributed by atoms with van der Waals surface area (Å²) in [5.41, 5.74) is 3.72. The van der Waals surface area contributed by atoms with Crippen LogP contribution in [0, 0.1) is 0 Å². The van der Waals surface area contributed by atoms with E-state index in [1.54, 1.807) is 0 Å². The van der Waals surface area contributed by atoms with Gasteiger partial charge in [-0.2, -0.15) is 0 Å². The quantitative estimate of drug-likeness (QED) is 0.738. The van der Waals surface area contributed by atoms with Crippen LogP contribution in [0.15, 0.2) is 46.9 Å². The molecule has 4 heteroatoms. The van der Waals surface area contributed by atoms with Crippen LogP contribution in [0.2, 0.25) is 5.02 Å². The van der Waals surface area contributed by atoms with E-state index >= 15 is 0 Å². The molecular formula is C19H21BrClNO. The van der Waals surface area contributed by atoms with E-state index in [9.17, 15) is 5.11 Å². The second-order valence-electron chi connectivity index (χ2n) is 6.19. The smallest absolute Gasteiger partial charge is 0.0914 e. The maximum atomic E-state index is 10.4. The molecule has 0 amide bonds. The fraction of sp³-hybridized carbons (Fsp3) is 0.368. The lowest BCUT2D eigenvalue weighted by Crippen LogP contribution is -2.34. The molecule has 0 saturated heterocycles.